The minimum Gasteiger partial charge on any atom is -0.363 e. The van der Waals surface area contributed by atoms with E-state index in [2.05, 4.69) is 20.2 Å². The van der Waals surface area contributed by atoms with Gasteiger partial charge in [-0.2, -0.15) is 13.9 Å². The molecule has 0 atom stereocenters. The molecule has 1 spiro atoms. The first kappa shape index (κ1) is 23.7. The van der Waals surface area contributed by atoms with E-state index in [1.54, 1.807) is 17.1 Å². The molecule has 12 heteroatoms. The number of alkyl halides is 2. The Labute approximate surface area is 215 Å². The first-order chi connectivity index (χ1) is 17.3. The highest BCUT2D eigenvalue weighted by Crippen LogP contribution is 2.52. The van der Waals surface area contributed by atoms with Gasteiger partial charge in [-0.25, -0.2) is 14.3 Å². The predicted molar refractivity (Wildman–Crippen MR) is 131 cm³/mol. The molecule has 1 fully saturated rings. The second-order valence-electron chi connectivity index (χ2n) is 9.33. The quantitative estimate of drug-likeness (QED) is 0.376. The van der Waals surface area contributed by atoms with Crippen molar-refractivity contribution in [1.82, 2.24) is 34.7 Å². The Morgan fingerprint density at radius 2 is 2.00 bits per heavy atom. The molecule has 188 valence electrons. The molecule has 0 saturated carbocycles. The number of hydrogen-bond donors (Lipinski definition) is 0. The number of fused-ring (bicyclic) bond motifs is 2. The zero-order chi connectivity index (χ0) is 24.9. The van der Waals surface area contributed by atoms with Crippen molar-refractivity contribution in [3.8, 4) is 5.82 Å². The molecule has 0 amide bonds. The van der Waals surface area contributed by atoms with Gasteiger partial charge < -0.3 is 4.74 Å². The molecular formula is C24H24ClF2N7OS. The van der Waals surface area contributed by atoms with Crippen LogP contribution in [-0.2, 0) is 29.3 Å². The third kappa shape index (κ3) is 4.23. The van der Waals surface area contributed by atoms with Crippen LogP contribution in [0.5, 0.6) is 0 Å². The van der Waals surface area contributed by atoms with E-state index in [9.17, 15) is 8.78 Å². The molecular weight excluding hydrogens is 508 g/mol. The average Bonchev–Trinajstić information content (AvgIpc) is 3.60. The van der Waals surface area contributed by atoms with E-state index < -0.39 is 18.1 Å². The Morgan fingerprint density at radius 1 is 1.17 bits per heavy atom. The summed E-state index contributed by atoms with van der Waals surface area (Å²) >= 11 is 7.35. The smallest absolute Gasteiger partial charge is 0.297 e. The number of piperidine rings is 1. The maximum Gasteiger partial charge on any atom is 0.297 e. The molecule has 0 N–H and O–H groups in total. The summed E-state index contributed by atoms with van der Waals surface area (Å²) in [6.07, 6.45) is 8.50. The van der Waals surface area contributed by atoms with Crippen LogP contribution in [0.2, 0.25) is 4.34 Å². The summed E-state index contributed by atoms with van der Waals surface area (Å²) in [6, 6.07) is 5.31. The summed E-state index contributed by atoms with van der Waals surface area (Å²) in [7, 11) is 0. The molecule has 0 aromatic carbocycles. The van der Waals surface area contributed by atoms with Gasteiger partial charge in [0.2, 0.25) is 0 Å². The summed E-state index contributed by atoms with van der Waals surface area (Å²) in [6.45, 7) is 4.10. The van der Waals surface area contributed by atoms with Crippen molar-refractivity contribution in [2.75, 3.05) is 19.7 Å². The van der Waals surface area contributed by atoms with Crippen LogP contribution in [0.1, 0.15) is 40.1 Å². The summed E-state index contributed by atoms with van der Waals surface area (Å²) in [4.78, 5) is 7.47. The van der Waals surface area contributed by atoms with Crippen molar-refractivity contribution in [2.24, 2.45) is 0 Å². The Hall–Kier alpha value is -2.73. The summed E-state index contributed by atoms with van der Waals surface area (Å²) < 4.78 is 38.6. The minimum absolute atomic E-state index is 0.0337. The normalized spacial score (nSPS) is 19.0. The van der Waals surface area contributed by atoms with E-state index in [0.717, 1.165) is 35.7 Å². The summed E-state index contributed by atoms with van der Waals surface area (Å²) in [5.74, 6) is -2.25. The molecule has 1 saturated heterocycles. The van der Waals surface area contributed by atoms with Gasteiger partial charge in [-0.1, -0.05) is 22.9 Å². The Morgan fingerprint density at radius 3 is 2.78 bits per heavy atom. The fourth-order valence-electron chi connectivity index (χ4n) is 5.04. The Bertz CT molecular complexity index is 1380. The maximum absolute atomic E-state index is 14.4. The van der Waals surface area contributed by atoms with Crippen LogP contribution in [0.4, 0.5) is 8.78 Å². The van der Waals surface area contributed by atoms with E-state index >= 15 is 0 Å². The molecule has 2 aliphatic heterocycles. The molecule has 0 radical (unpaired) electrons. The van der Waals surface area contributed by atoms with E-state index in [1.165, 1.54) is 17.4 Å². The van der Waals surface area contributed by atoms with E-state index in [4.69, 9.17) is 21.4 Å². The number of ether oxygens (including phenoxy) is 1. The first-order valence-corrected chi connectivity index (χ1v) is 12.9. The lowest BCUT2D eigenvalue weighted by molar-refractivity contribution is -0.182. The zero-order valence-electron chi connectivity index (χ0n) is 19.6. The lowest BCUT2D eigenvalue weighted by atomic mass is 9.84. The summed E-state index contributed by atoms with van der Waals surface area (Å²) in [5.41, 5.74) is 2.35. The number of aromatic nitrogens is 6. The molecule has 0 unspecified atom stereocenters. The Balaban J connectivity index is 1.18. The van der Waals surface area contributed by atoms with Crippen molar-refractivity contribution in [3.63, 3.8) is 0 Å². The van der Waals surface area contributed by atoms with Crippen molar-refractivity contribution >= 4 is 22.9 Å². The van der Waals surface area contributed by atoms with Gasteiger partial charge >= 0.3 is 0 Å². The fourth-order valence-corrected chi connectivity index (χ4v) is 6.52. The zero-order valence-corrected chi connectivity index (χ0v) is 21.1. The SMILES string of the molecule is Cc1nn(-c2ncccc2Cn2ccnn2)cc1CN1CCC2(CC1)OCC(F)(F)c1cc(Cl)sc12. The molecule has 2 aliphatic rings. The molecule has 4 aromatic rings. The number of aryl methyl sites for hydroxylation is 1. The number of rotatable bonds is 5. The molecule has 0 bridgehead atoms. The fraction of sp³-hybridized carbons (Fsp3) is 0.417. The van der Waals surface area contributed by atoms with Crippen molar-refractivity contribution in [1.29, 1.82) is 0 Å². The second-order valence-corrected chi connectivity index (χ2v) is 11.0. The number of nitrogens with zero attached hydrogens (tertiary/aromatic N) is 7. The topological polar surface area (TPSA) is 73.9 Å². The monoisotopic (exact) mass is 531 g/mol. The largest absolute Gasteiger partial charge is 0.363 e. The van der Waals surface area contributed by atoms with Crippen LogP contribution in [0.25, 0.3) is 5.82 Å². The Kier molecular flexibility index (Phi) is 5.90. The molecule has 36 heavy (non-hydrogen) atoms. The lowest BCUT2D eigenvalue weighted by Gasteiger charge is -2.45. The van der Waals surface area contributed by atoms with Gasteiger partial charge in [0.25, 0.3) is 5.92 Å². The summed E-state index contributed by atoms with van der Waals surface area (Å²) in [5, 5.41) is 12.6. The third-order valence-electron chi connectivity index (χ3n) is 6.99. The van der Waals surface area contributed by atoms with Gasteiger partial charge in [0, 0.05) is 59.8 Å². The van der Waals surface area contributed by atoms with Crippen LogP contribution in [0, 0.1) is 6.92 Å². The molecule has 6 rings (SSSR count). The number of thiophene rings is 1. The molecule has 6 heterocycles. The van der Waals surface area contributed by atoms with Gasteiger partial charge in [-0.05, 0) is 31.9 Å². The van der Waals surface area contributed by atoms with Gasteiger partial charge in [0.15, 0.2) is 5.82 Å². The van der Waals surface area contributed by atoms with Crippen molar-refractivity contribution in [3.05, 3.63) is 74.6 Å². The van der Waals surface area contributed by atoms with Crippen LogP contribution >= 0.6 is 22.9 Å². The predicted octanol–water partition coefficient (Wildman–Crippen LogP) is 4.54. The van der Waals surface area contributed by atoms with Gasteiger partial charge in [0.1, 0.15) is 12.2 Å². The van der Waals surface area contributed by atoms with E-state index in [0.29, 0.717) is 35.1 Å². The number of hydrogen-bond acceptors (Lipinski definition) is 7. The van der Waals surface area contributed by atoms with Gasteiger partial charge in [-0.15, -0.1) is 16.4 Å². The third-order valence-corrected chi connectivity index (χ3v) is 8.44. The lowest BCUT2D eigenvalue weighted by Crippen LogP contribution is -2.48. The minimum atomic E-state index is -2.99. The van der Waals surface area contributed by atoms with Crippen molar-refractivity contribution in [2.45, 2.75) is 44.4 Å². The average molecular weight is 532 g/mol. The number of halogens is 3. The van der Waals surface area contributed by atoms with Crippen LogP contribution < -0.4 is 0 Å². The highest BCUT2D eigenvalue weighted by Gasteiger charge is 2.51. The number of likely N-dealkylation sites (tertiary alicyclic amines) is 1. The van der Waals surface area contributed by atoms with E-state index in [1.807, 2.05) is 36.1 Å². The molecule has 0 aliphatic carbocycles. The van der Waals surface area contributed by atoms with Crippen LogP contribution in [-0.4, -0.2) is 54.4 Å². The van der Waals surface area contributed by atoms with Gasteiger partial charge in [0.05, 0.1) is 22.8 Å². The van der Waals surface area contributed by atoms with Crippen LogP contribution in [0.15, 0.2) is 43.0 Å². The molecule has 8 nitrogen and oxygen atoms in total. The number of pyridine rings is 1. The standard InChI is InChI=1S/C24H24ClF2N7OS/c1-16-18(14-34(30-16)22-17(3-2-6-28-22)13-33-10-7-29-31-33)12-32-8-4-23(5-9-32)21-19(11-20(25)36-21)24(26,27)15-35-23/h2-3,6-7,10-11,14H,4-5,8-9,12-13,15H2,1H3. The first-order valence-electron chi connectivity index (χ1n) is 11.7. The highest BCUT2D eigenvalue weighted by atomic mass is 35.5. The van der Waals surface area contributed by atoms with E-state index in [-0.39, 0.29) is 5.56 Å². The maximum atomic E-state index is 14.4. The molecule has 4 aromatic heterocycles. The van der Waals surface area contributed by atoms with Crippen molar-refractivity contribution < 1.29 is 13.5 Å². The van der Waals surface area contributed by atoms with Crippen LogP contribution in [0.3, 0.4) is 0 Å². The van der Waals surface area contributed by atoms with Gasteiger partial charge in [-0.3, -0.25) is 4.90 Å². The highest BCUT2D eigenvalue weighted by molar-refractivity contribution is 7.16. The second kappa shape index (κ2) is 8.98.